The Morgan fingerprint density at radius 2 is 0.673 bits per heavy atom. The zero-order chi connectivity index (χ0) is 36.3. The Bertz CT molecular complexity index is 3160. The number of para-hydroxylation sites is 2. The molecular formula is C51H32N4. The van der Waals surface area contributed by atoms with Crippen molar-refractivity contribution < 1.29 is 0 Å². The van der Waals surface area contributed by atoms with Crippen LogP contribution in [0.5, 0.6) is 0 Å². The quantitative estimate of drug-likeness (QED) is 0.168. The number of rotatable bonds is 5. The molecule has 0 aliphatic rings. The fraction of sp³-hybridized carbons (Fsp3) is 0. The second-order valence-electron chi connectivity index (χ2n) is 14.0. The number of hydrogen-bond donors (Lipinski definition) is 0. The summed E-state index contributed by atoms with van der Waals surface area (Å²) >= 11 is 0. The molecule has 0 fully saturated rings. The van der Waals surface area contributed by atoms with Crippen LogP contribution in [-0.2, 0) is 0 Å². The smallest absolute Gasteiger partial charge is 0.164 e. The second kappa shape index (κ2) is 12.6. The minimum Gasteiger partial charge on any atom is -0.309 e. The maximum atomic E-state index is 5.13. The van der Waals surface area contributed by atoms with E-state index in [0.717, 1.165) is 33.5 Å². The van der Waals surface area contributed by atoms with E-state index in [1.807, 2.05) is 18.2 Å². The first kappa shape index (κ1) is 31.1. The second-order valence-corrected chi connectivity index (χ2v) is 14.0. The maximum absolute atomic E-state index is 5.13. The first-order valence-corrected chi connectivity index (χ1v) is 18.6. The van der Waals surface area contributed by atoms with Crippen LogP contribution in [0.2, 0.25) is 0 Å². The Morgan fingerprint density at radius 1 is 0.255 bits per heavy atom. The van der Waals surface area contributed by atoms with Crippen LogP contribution in [0.25, 0.3) is 105 Å². The van der Waals surface area contributed by atoms with Gasteiger partial charge in [-0.3, -0.25) is 0 Å². The number of hydrogen-bond acceptors (Lipinski definition) is 3. The highest BCUT2D eigenvalue weighted by molar-refractivity contribution is 6.25. The van der Waals surface area contributed by atoms with E-state index >= 15 is 0 Å². The van der Waals surface area contributed by atoms with Crippen LogP contribution >= 0.6 is 0 Å². The first-order valence-electron chi connectivity index (χ1n) is 18.6. The Balaban J connectivity index is 1.02. The van der Waals surface area contributed by atoms with Crippen molar-refractivity contribution in [1.82, 2.24) is 19.5 Å². The fourth-order valence-electron chi connectivity index (χ4n) is 8.23. The summed E-state index contributed by atoms with van der Waals surface area (Å²) in [5.74, 6) is 1.93. The molecule has 0 aliphatic heterocycles. The van der Waals surface area contributed by atoms with E-state index in [4.69, 9.17) is 15.0 Å². The van der Waals surface area contributed by atoms with Crippen molar-refractivity contribution >= 4 is 54.1 Å². The molecule has 256 valence electrons. The monoisotopic (exact) mass is 700 g/mol. The van der Waals surface area contributed by atoms with E-state index in [1.165, 1.54) is 54.1 Å². The molecule has 0 N–H and O–H groups in total. The summed E-state index contributed by atoms with van der Waals surface area (Å²) < 4.78 is 2.36. The van der Waals surface area contributed by atoms with Crippen molar-refractivity contribution in [1.29, 1.82) is 0 Å². The molecule has 0 unspecified atom stereocenters. The average Bonchev–Trinajstić information content (AvgIpc) is 3.61. The molecule has 0 saturated carbocycles. The molecule has 9 aromatic carbocycles. The fourth-order valence-corrected chi connectivity index (χ4v) is 8.23. The summed E-state index contributed by atoms with van der Waals surface area (Å²) in [6.45, 7) is 0. The van der Waals surface area contributed by atoms with Gasteiger partial charge in [0.15, 0.2) is 17.5 Å². The van der Waals surface area contributed by atoms with Gasteiger partial charge in [-0.25, -0.2) is 15.0 Å². The minimum absolute atomic E-state index is 0.637. The van der Waals surface area contributed by atoms with Crippen LogP contribution in [0.3, 0.4) is 0 Å². The lowest BCUT2D eigenvalue weighted by Crippen LogP contribution is -2.00. The summed E-state index contributed by atoms with van der Waals surface area (Å²) in [5, 5.41) is 9.86. The van der Waals surface area contributed by atoms with Crippen molar-refractivity contribution in [3.63, 3.8) is 0 Å². The van der Waals surface area contributed by atoms with Crippen LogP contribution in [0.1, 0.15) is 0 Å². The number of benzene rings is 9. The molecule has 11 rings (SSSR count). The summed E-state index contributed by atoms with van der Waals surface area (Å²) in [4.78, 5) is 15.2. The lowest BCUT2D eigenvalue weighted by atomic mass is 9.93. The van der Waals surface area contributed by atoms with Crippen molar-refractivity contribution in [2.24, 2.45) is 0 Å². The Hall–Kier alpha value is -7.43. The van der Waals surface area contributed by atoms with Gasteiger partial charge in [0.05, 0.1) is 11.0 Å². The standard InChI is InChI=1S/C51H32N4/c1-2-13-34(14-3-1)49-52-50(54-51(53-49)37-29-30-43-41-19-5-4-17-39(41)40-18-6-7-20-42(40)46(43)32-37)35-27-25-33(26-28-35)36-15-12-16-38(31-36)55-47-23-10-8-21-44(47)45-22-9-11-24-48(45)55/h1-32H. The molecule has 55 heavy (non-hydrogen) atoms. The number of fused-ring (bicyclic) bond motifs is 9. The van der Waals surface area contributed by atoms with Crippen LogP contribution in [0.4, 0.5) is 0 Å². The van der Waals surface area contributed by atoms with Gasteiger partial charge < -0.3 is 4.57 Å². The molecule has 2 heterocycles. The predicted molar refractivity (Wildman–Crippen MR) is 228 cm³/mol. The van der Waals surface area contributed by atoms with Crippen LogP contribution < -0.4 is 0 Å². The molecule has 11 aromatic rings. The zero-order valence-electron chi connectivity index (χ0n) is 29.8. The Labute approximate surface area is 317 Å². The van der Waals surface area contributed by atoms with Crippen molar-refractivity contribution in [3.8, 4) is 51.0 Å². The average molecular weight is 701 g/mol. The number of aromatic nitrogens is 4. The van der Waals surface area contributed by atoms with Gasteiger partial charge in [-0.2, -0.15) is 0 Å². The molecule has 0 bridgehead atoms. The highest BCUT2D eigenvalue weighted by Crippen LogP contribution is 2.38. The summed E-state index contributed by atoms with van der Waals surface area (Å²) in [7, 11) is 0. The molecule has 0 saturated heterocycles. The summed E-state index contributed by atoms with van der Waals surface area (Å²) in [5.41, 5.74) is 8.62. The van der Waals surface area contributed by atoms with Gasteiger partial charge in [-0.1, -0.05) is 164 Å². The lowest BCUT2D eigenvalue weighted by Gasteiger charge is -2.13. The van der Waals surface area contributed by atoms with Gasteiger partial charge in [-0.15, -0.1) is 0 Å². The largest absolute Gasteiger partial charge is 0.309 e. The molecule has 2 aromatic heterocycles. The Morgan fingerprint density at radius 3 is 1.27 bits per heavy atom. The molecule has 0 amide bonds. The van der Waals surface area contributed by atoms with Crippen LogP contribution in [0, 0.1) is 0 Å². The van der Waals surface area contributed by atoms with Crippen LogP contribution in [0.15, 0.2) is 194 Å². The van der Waals surface area contributed by atoms with Gasteiger partial charge >= 0.3 is 0 Å². The third kappa shape index (κ3) is 5.19. The van der Waals surface area contributed by atoms with E-state index in [0.29, 0.717) is 17.5 Å². The van der Waals surface area contributed by atoms with Gasteiger partial charge in [0.2, 0.25) is 0 Å². The predicted octanol–water partition coefficient (Wildman–Crippen LogP) is 13.1. The first-order chi connectivity index (χ1) is 27.3. The highest BCUT2D eigenvalue weighted by Gasteiger charge is 2.16. The van der Waals surface area contributed by atoms with E-state index in [-0.39, 0.29) is 0 Å². The molecule has 0 spiro atoms. The Kier molecular flexibility index (Phi) is 7.14. The zero-order valence-corrected chi connectivity index (χ0v) is 29.8. The van der Waals surface area contributed by atoms with E-state index in [1.54, 1.807) is 0 Å². The molecular weight excluding hydrogens is 669 g/mol. The van der Waals surface area contributed by atoms with E-state index < -0.39 is 0 Å². The topological polar surface area (TPSA) is 43.6 Å². The minimum atomic E-state index is 0.637. The van der Waals surface area contributed by atoms with E-state index in [9.17, 15) is 0 Å². The summed E-state index contributed by atoms with van der Waals surface area (Å²) in [6, 6.07) is 68.7. The van der Waals surface area contributed by atoms with Crippen molar-refractivity contribution in [3.05, 3.63) is 194 Å². The molecule has 0 atom stereocenters. The van der Waals surface area contributed by atoms with Crippen molar-refractivity contribution in [2.75, 3.05) is 0 Å². The third-order valence-electron chi connectivity index (χ3n) is 10.8. The summed E-state index contributed by atoms with van der Waals surface area (Å²) in [6.07, 6.45) is 0. The third-order valence-corrected chi connectivity index (χ3v) is 10.8. The molecule has 0 radical (unpaired) electrons. The van der Waals surface area contributed by atoms with Gasteiger partial charge in [-0.05, 0) is 73.8 Å². The van der Waals surface area contributed by atoms with Gasteiger partial charge in [0.1, 0.15) is 0 Å². The van der Waals surface area contributed by atoms with Crippen LogP contribution in [-0.4, -0.2) is 19.5 Å². The molecule has 0 aliphatic carbocycles. The lowest BCUT2D eigenvalue weighted by molar-refractivity contribution is 1.07. The molecule has 4 nitrogen and oxygen atoms in total. The van der Waals surface area contributed by atoms with Crippen molar-refractivity contribution in [2.45, 2.75) is 0 Å². The van der Waals surface area contributed by atoms with Gasteiger partial charge in [0.25, 0.3) is 0 Å². The SMILES string of the molecule is c1ccc(-c2nc(-c3ccc(-c4cccc(-n5c6ccccc6c6ccccc65)c4)cc3)nc(-c3ccc4c5ccccc5c5ccccc5c4c3)n2)cc1. The highest BCUT2D eigenvalue weighted by atomic mass is 15.0. The number of nitrogens with zero attached hydrogens (tertiary/aromatic N) is 4. The maximum Gasteiger partial charge on any atom is 0.164 e. The van der Waals surface area contributed by atoms with Gasteiger partial charge in [0, 0.05) is 33.2 Å². The van der Waals surface area contributed by atoms with E-state index in [2.05, 4.69) is 180 Å². The normalized spacial score (nSPS) is 11.6. The molecule has 4 heteroatoms.